The van der Waals surface area contributed by atoms with E-state index in [0.717, 1.165) is 24.5 Å². The SMILES string of the molecule is O=C(N[C@@H](CNC(=O)C1CCN(C(=O)CCONC2=NCCN2)CC1)C(=O)O)OCc1ccccc1.O=C(O)CC(NC(=O)C1CCN(C(=O)CCCNc2ccccn2)CC1)c1ccc2c(c1)OCO2.O=C(O)CC(NC(=O)C1CCN(C(=O)CCONC2=NCCN2)CC1)c1ccc2c(c1)OCO2. The summed E-state index contributed by atoms with van der Waals surface area (Å²) in [6, 6.07) is 22.2. The molecule has 3 atom stereocenters. The van der Waals surface area contributed by atoms with Gasteiger partial charge in [0.05, 0.1) is 64.1 Å². The zero-order chi connectivity index (χ0) is 74.3. The Labute approximate surface area is 605 Å². The number of hydrogen-bond donors (Lipinski definition) is 12. The zero-order valence-corrected chi connectivity index (χ0v) is 58.1. The van der Waals surface area contributed by atoms with E-state index in [4.69, 9.17) is 33.4 Å². The molecule has 3 aromatic carbocycles. The molecule has 3 saturated heterocycles. The van der Waals surface area contributed by atoms with Crippen molar-refractivity contribution in [2.24, 2.45) is 27.7 Å². The second kappa shape index (κ2) is 40.6. The number of aliphatic imine (C=N–C) groups is 2. The molecule has 566 valence electrons. The minimum absolute atomic E-state index is 0.00218. The molecule has 4 aromatic rings. The summed E-state index contributed by atoms with van der Waals surface area (Å²) in [4.78, 5) is 150. The third kappa shape index (κ3) is 25.3. The summed E-state index contributed by atoms with van der Waals surface area (Å²) in [5.74, 6) is -0.816. The number of benzene rings is 3. The van der Waals surface area contributed by atoms with Crippen LogP contribution in [0, 0.1) is 17.8 Å². The first-order chi connectivity index (χ1) is 50.9. The first-order valence-corrected chi connectivity index (χ1v) is 35.0. The van der Waals surface area contributed by atoms with Crippen molar-refractivity contribution in [2.75, 3.05) is 111 Å². The largest absolute Gasteiger partial charge is 0.481 e. The summed E-state index contributed by atoms with van der Waals surface area (Å²) < 4.78 is 26.4. The Hall–Kier alpha value is -11.2. The number of likely N-dealkylation sites (tertiary alicyclic amines) is 3. The lowest BCUT2D eigenvalue weighted by atomic mass is 9.94. The fraction of sp³-hybridized carbons (Fsp3) is 0.500. The average Bonchev–Trinajstić information content (AvgIpc) is 1.76. The van der Waals surface area contributed by atoms with Crippen LogP contribution in [0.25, 0.3) is 0 Å². The van der Waals surface area contributed by atoms with Crippen molar-refractivity contribution in [3.63, 3.8) is 0 Å². The Morgan fingerprint density at radius 2 is 1.01 bits per heavy atom. The number of aromatic nitrogens is 1. The van der Waals surface area contributed by atoms with E-state index in [0.29, 0.717) is 156 Å². The second-order valence-corrected chi connectivity index (χ2v) is 25.3. The minimum atomic E-state index is -1.34. The summed E-state index contributed by atoms with van der Waals surface area (Å²) in [6.45, 7) is 6.71. The van der Waals surface area contributed by atoms with Crippen molar-refractivity contribution >= 4 is 77.2 Å². The van der Waals surface area contributed by atoms with E-state index >= 15 is 0 Å². The second-order valence-electron chi connectivity index (χ2n) is 25.3. The molecule has 0 bridgehead atoms. The van der Waals surface area contributed by atoms with Crippen LogP contribution in [-0.4, -0.2) is 218 Å². The van der Waals surface area contributed by atoms with E-state index < -0.39 is 42.1 Å². The molecule has 2 unspecified atom stereocenters. The van der Waals surface area contributed by atoms with Crippen LogP contribution in [0.15, 0.2) is 101 Å². The van der Waals surface area contributed by atoms with Crippen LogP contribution in [0.3, 0.4) is 0 Å². The summed E-state index contributed by atoms with van der Waals surface area (Å²) >= 11 is 0. The topological polar surface area (TPSA) is 452 Å². The molecule has 7 aliphatic rings. The Morgan fingerprint density at radius 1 is 0.543 bits per heavy atom. The monoisotopic (exact) mass is 1460 g/mol. The maximum absolute atomic E-state index is 12.9. The lowest BCUT2D eigenvalue weighted by molar-refractivity contribution is -0.140. The number of hydrogen-bond acceptors (Lipinski definition) is 25. The fourth-order valence-electron chi connectivity index (χ4n) is 12.2. The molecule has 105 heavy (non-hydrogen) atoms. The highest BCUT2D eigenvalue weighted by Crippen LogP contribution is 2.37. The number of guanidine groups is 2. The smallest absolute Gasteiger partial charge is 0.408 e. The van der Waals surface area contributed by atoms with Crippen LogP contribution in [0.5, 0.6) is 23.0 Å². The Bertz CT molecular complexity index is 3660. The van der Waals surface area contributed by atoms with Crippen molar-refractivity contribution < 1.29 is 96.6 Å². The van der Waals surface area contributed by atoms with Gasteiger partial charge in [-0.3, -0.25) is 48.0 Å². The number of ether oxygens (including phenoxy) is 5. The van der Waals surface area contributed by atoms with Crippen LogP contribution in [0.2, 0.25) is 0 Å². The molecule has 35 nitrogen and oxygen atoms in total. The zero-order valence-electron chi connectivity index (χ0n) is 58.1. The Morgan fingerprint density at radius 3 is 1.46 bits per heavy atom. The van der Waals surface area contributed by atoms with Crippen LogP contribution in [0.1, 0.15) is 106 Å². The molecule has 3 fully saturated rings. The molecule has 12 N–H and O–H groups in total. The molecular formula is C70H91N15O20. The van der Waals surface area contributed by atoms with E-state index in [1.54, 1.807) is 81.6 Å². The summed E-state index contributed by atoms with van der Waals surface area (Å²) in [6.07, 6.45) is 4.92. The van der Waals surface area contributed by atoms with Gasteiger partial charge in [-0.05, 0) is 98.0 Å². The molecule has 1 aromatic heterocycles. The number of nitrogens with one attached hydrogen (secondary N) is 9. The maximum atomic E-state index is 12.9. The van der Waals surface area contributed by atoms with Gasteiger partial charge in [0.15, 0.2) is 23.0 Å². The number of carbonyl (C=O) groups excluding carboxylic acids is 7. The molecule has 8 heterocycles. The molecule has 35 heteroatoms. The van der Waals surface area contributed by atoms with Gasteiger partial charge in [0.25, 0.3) is 0 Å². The highest BCUT2D eigenvalue weighted by molar-refractivity contribution is 5.85. The highest BCUT2D eigenvalue weighted by Gasteiger charge is 2.34. The molecule has 11 rings (SSSR count). The van der Waals surface area contributed by atoms with Gasteiger partial charge >= 0.3 is 24.0 Å². The lowest BCUT2D eigenvalue weighted by Crippen LogP contribution is -2.50. The minimum Gasteiger partial charge on any atom is -0.481 e. The number of piperidine rings is 3. The molecule has 7 amide bonds. The van der Waals surface area contributed by atoms with E-state index in [9.17, 15) is 63.3 Å². The number of aliphatic carboxylic acids is 3. The number of amides is 7. The van der Waals surface area contributed by atoms with Crippen LogP contribution in [-0.2, 0) is 64.2 Å². The van der Waals surface area contributed by atoms with Gasteiger partial charge < -0.3 is 90.9 Å². The Balaban J connectivity index is 0.000000182. The van der Waals surface area contributed by atoms with Gasteiger partial charge in [0.2, 0.25) is 60.9 Å². The molecule has 0 spiro atoms. The molecule has 0 saturated carbocycles. The van der Waals surface area contributed by atoms with Crippen LogP contribution < -0.4 is 67.1 Å². The maximum Gasteiger partial charge on any atom is 0.408 e. The Kier molecular flexibility index (Phi) is 30.1. The van der Waals surface area contributed by atoms with E-state index in [-0.39, 0.29) is 119 Å². The molecule has 0 aliphatic carbocycles. The number of carboxylic acids is 3. The van der Waals surface area contributed by atoms with Crippen molar-refractivity contribution in [3.05, 3.63) is 108 Å². The number of alkyl carbamates (subject to hydrolysis) is 1. The van der Waals surface area contributed by atoms with Gasteiger partial charge in [0, 0.05) is 95.8 Å². The number of hydroxylamine groups is 2. The standard InChI is InChI=1S/C25H30N4O6.C23H32N6O7.C22H29N5O7/c30-23(5-3-11-27-22-4-1-2-10-26-22)29-12-8-17(9-13-29)25(33)28-19(15-24(31)32)18-6-7-20-21(14-18)35-16-34-20;30-19(8-13-36-28-22-24-9-10-25-22)29-11-6-17(7-12-29)20(31)26-14-18(21(32)33)27-23(34)35-15-16-4-2-1-3-5-16;28-19(5-10-34-26-22-23-6-7-24-22)27-8-3-14(4-9-27)21(31)25-16(12-20(29)30)15-1-2-17-18(11-15)33-13-32-17/h1-2,4,6-7,10,14,17,19H,3,5,8-9,11-13,15-16H2,(H,26,27)(H,28,33)(H,31,32);1-5,17-18H,6-15H2,(H,26,31)(H,27,34)(H,32,33)(H2,24,25,28);1-2,11,14,16H,3-10,12-13H2,(H,25,31)(H,29,30)(H2,23,24,26)/t;18-;/m.0./s1. The number of carboxylic acid groups (broad SMARTS) is 3. The predicted molar refractivity (Wildman–Crippen MR) is 373 cm³/mol. The van der Waals surface area contributed by atoms with Gasteiger partial charge in [0.1, 0.15) is 18.5 Å². The number of anilines is 1. The number of nitrogens with zero attached hydrogens (tertiary/aromatic N) is 6. The van der Waals surface area contributed by atoms with Gasteiger partial charge in [-0.1, -0.05) is 48.5 Å². The number of rotatable bonds is 30. The molecular weight excluding hydrogens is 1370 g/mol. The third-order valence-corrected chi connectivity index (χ3v) is 18.0. The quantitative estimate of drug-likeness (QED) is 0.0263. The van der Waals surface area contributed by atoms with Gasteiger partial charge in [-0.15, -0.1) is 0 Å². The summed E-state index contributed by atoms with van der Waals surface area (Å²) in [5.41, 5.74) is 7.39. The molecule has 7 aliphatic heterocycles. The summed E-state index contributed by atoms with van der Waals surface area (Å²) in [7, 11) is 0. The first-order valence-electron chi connectivity index (χ1n) is 35.0. The van der Waals surface area contributed by atoms with Crippen molar-refractivity contribution in [1.82, 2.24) is 62.5 Å². The van der Waals surface area contributed by atoms with Crippen molar-refractivity contribution in [2.45, 2.75) is 102 Å². The van der Waals surface area contributed by atoms with Crippen molar-refractivity contribution in [1.29, 1.82) is 0 Å². The first kappa shape index (κ1) is 77.9. The van der Waals surface area contributed by atoms with E-state index in [1.165, 1.54) is 0 Å². The highest BCUT2D eigenvalue weighted by atomic mass is 16.7. The third-order valence-electron chi connectivity index (χ3n) is 18.0. The van der Waals surface area contributed by atoms with Crippen LogP contribution >= 0.6 is 0 Å². The van der Waals surface area contributed by atoms with E-state index in [2.05, 4.69) is 63.1 Å². The van der Waals surface area contributed by atoms with Gasteiger partial charge in [-0.25, -0.2) is 35.5 Å². The number of fused-ring (bicyclic) bond motifs is 2. The lowest BCUT2D eigenvalue weighted by Gasteiger charge is -2.32. The van der Waals surface area contributed by atoms with Crippen LogP contribution in [0.4, 0.5) is 10.6 Å². The summed E-state index contributed by atoms with van der Waals surface area (Å²) in [5, 5.41) is 47.9. The average molecular weight is 1460 g/mol. The predicted octanol–water partition coefficient (Wildman–Crippen LogP) is 2.32. The van der Waals surface area contributed by atoms with Gasteiger partial charge in [-0.2, -0.15) is 0 Å². The van der Waals surface area contributed by atoms with E-state index in [1.807, 2.05) is 24.3 Å². The normalized spacial score (nSPS) is 16.8. The number of pyridine rings is 1. The van der Waals surface area contributed by atoms with Crippen molar-refractivity contribution in [3.8, 4) is 23.0 Å². The number of carbonyl (C=O) groups is 10. The fourth-order valence-corrected chi connectivity index (χ4v) is 12.2. The molecule has 0 radical (unpaired) electrons.